The molecule has 0 aromatic rings. The van der Waals surface area contributed by atoms with Gasteiger partial charge in [-0.15, -0.1) is 6.58 Å². The van der Waals surface area contributed by atoms with E-state index in [0.717, 1.165) is 12.0 Å². The maximum atomic E-state index is 10.1. The maximum Gasteiger partial charge on any atom is 0.310 e. The van der Waals surface area contributed by atoms with E-state index in [0.29, 0.717) is 6.42 Å². The molecule has 0 fully saturated rings. The van der Waals surface area contributed by atoms with Crippen LogP contribution in [0.5, 0.6) is 0 Å². The monoisotopic (exact) mass is 174 g/mol. The molecule has 0 heterocycles. The van der Waals surface area contributed by atoms with E-state index in [-0.39, 0.29) is 5.97 Å². The van der Waals surface area contributed by atoms with Gasteiger partial charge in [-0.3, -0.25) is 4.79 Å². The second kappa shape index (κ2) is 12.0. The van der Waals surface area contributed by atoms with E-state index in [9.17, 15) is 4.79 Å². The molecule has 0 amide bonds. The second-order valence-electron chi connectivity index (χ2n) is 1.48. The second-order valence-corrected chi connectivity index (χ2v) is 1.85. The fourth-order valence-electron chi connectivity index (χ4n) is 0.176. The average molecular weight is 174 g/mol. The van der Waals surface area contributed by atoms with E-state index in [1.54, 1.807) is 13.0 Å². The molecule has 0 spiro atoms. The highest BCUT2D eigenvalue weighted by Gasteiger charge is 1.89. The van der Waals surface area contributed by atoms with Gasteiger partial charge >= 0.3 is 5.97 Å². The Kier molecular flexibility index (Phi) is 14.1. The molecule has 0 saturated carbocycles. The van der Waals surface area contributed by atoms with Crippen molar-refractivity contribution in [3.8, 4) is 0 Å². The lowest BCUT2D eigenvalue weighted by molar-refractivity contribution is -0.137. The van der Waals surface area contributed by atoms with Gasteiger partial charge in [-0.25, -0.2) is 0 Å². The molecule has 0 unspecified atom stereocenters. The summed E-state index contributed by atoms with van der Waals surface area (Å²) in [4.78, 5) is 10.1. The topological polar surface area (TPSA) is 26.3 Å². The van der Waals surface area contributed by atoms with E-state index in [4.69, 9.17) is 0 Å². The molecule has 2 nitrogen and oxygen atoms in total. The summed E-state index contributed by atoms with van der Waals surface area (Å²) >= 11 is 3.80. The van der Waals surface area contributed by atoms with Crippen molar-refractivity contribution in [1.29, 1.82) is 0 Å². The van der Waals surface area contributed by atoms with E-state index in [2.05, 4.69) is 30.5 Å². The highest BCUT2D eigenvalue weighted by atomic mass is 32.1. The summed E-state index contributed by atoms with van der Waals surface area (Å²) in [6.45, 7) is 8.34. The Morgan fingerprint density at radius 2 is 2.09 bits per heavy atom. The Balaban J connectivity index is 0. The van der Waals surface area contributed by atoms with Crippen LogP contribution >= 0.6 is 12.6 Å². The molecule has 11 heavy (non-hydrogen) atoms. The maximum absolute atomic E-state index is 10.1. The van der Waals surface area contributed by atoms with Gasteiger partial charge in [0.2, 0.25) is 0 Å². The first-order chi connectivity index (χ1) is 5.22. The highest BCUT2D eigenvalue weighted by molar-refractivity contribution is 7.80. The lowest BCUT2D eigenvalue weighted by Gasteiger charge is -1.88. The van der Waals surface area contributed by atoms with Gasteiger partial charge in [0.25, 0.3) is 0 Å². The normalized spacial score (nSPS) is 7.09. The number of thiol groups is 1. The van der Waals surface area contributed by atoms with Crippen molar-refractivity contribution in [2.45, 2.75) is 13.3 Å². The fourth-order valence-corrected chi connectivity index (χ4v) is 0.176. The Morgan fingerprint density at radius 1 is 1.64 bits per heavy atom. The minimum Gasteiger partial charge on any atom is -0.435 e. The van der Waals surface area contributed by atoms with Crippen molar-refractivity contribution >= 4 is 18.6 Å². The van der Waals surface area contributed by atoms with Gasteiger partial charge in [0, 0.05) is 12.2 Å². The molecular formula is C8H14O2S. The summed E-state index contributed by atoms with van der Waals surface area (Å²) in [6.07, 6.45) is 3.28. The van der Waals surface area contributed by atoms with Gasteiger partial charge in [0.1, 0.15) is 0 Å². The predicted molar refractivity (Wildman–Crippen MR) is 50.6 cm³/mol. The lowest BCUT2D eigenvalue weighted by Crippen LogP contribution is -1.94. The van der Waals surface area contributed by atoms with Gasteiger partial charge in [0.15, 0.2) is 0 Å². The molecule has 64 valence electrons. The van der Waals surface area contributed by atoms with Crippen LogP contribution in [0.2, 0.25) is 0 Å². The summed E-state index contributed by atoms with van der Waals surface area (Å²) < 4.78 is 4.32. The van der Waals surface area contributed by atoms with E-state index < -0.39 is 0 Å². The zero-order valence-corrected chi connectivity index (χ0v) is 7.64. The van der Waals surface area contributed by atoms with E-state index in [1.807, 2.05) is 0 Å². The van der Waals surface area contributed by atoms with Crippen LogP contribution in [0.1, 0.15) is 13.3 Å². The number of hydrogen-bond acceptors (Lipinski definition) is 3. The minimum absolute atomic E-state index is 0.241. The molecule has 0 radical (unpaired) electrons. The number of esters is 1. The van der Waals surface area contributed by atoms with Gasteiger partial charge in [-0.2, -0.15) is 12.6 Å². The Hall–Kier alpha value is -0.700. The summed E-state index contributed by atoms with van der Waals surface area (Å²) in [5.74, 6) is 0.537. The Morgan fingerprint density at radius 3 is 2.18 bits per heavy atom. The average Bonchev–Trinajstić information content (AvgIpc) is 2.05. The molecule has 0 N–H and O–H groups in total. The van der Waals surface area contributed by atoms with Gasteiger partial charge in [0.05, 0.1) is 6.26 Å². The largest absolute Gasteiger partial charge is 0.435 e. The number of carbonyl (C=O) groups is 1. The Labute approximate surface area is 73.4 Å². The van der Waals surface area contributed by atoms with Crippen LogP contribution < -0.4 is 0 Å². The van der Waals surface area contributed by atoms with Crippen LogP contribution in [0.15, 0.2) is 25.5 Å². The van der Waals surface area contributed by atoms with Crippen LogP contribution in [-0.4, -0.2) is 11.7 Å². The number of ether oxygens (including phenoxy) is 1. The molecular weight excluding hydrogens is 160 g/mol. The van der Waals surface area contributed by atoms with Gasteiger partial charge < -0.3 is 4.74 Å². The first kappa shape index (κ1) is 12.9. The zero-order valence-electron chi connectivity index (χ0n) is 6.75. The van der Waals surface area contributed by atoms with Crippen LogP contribution in [0.25, 0.3) is 0 Å². The van der Waals surface area contributed by atoms with Crippen molar-refractivity contribution in [3.05, 3.63) is 25.5 Å². The van der Waals surface area contributed by atoms with Crippen molar-refractivity contribution in [3.63, 3.8) is 0 Å². The van der Waals surface area contributed by atoms with Crippen molar-refractivity contribution in [2.75, 3.05) is 5.75 Å². The molecule has 0 aliphatic rings. The van der Waals surface area contributed by atoms with Crippen molar-refractivity contribution in [1.82, 2.24) is 0 Å². The van der Waals surface area contributed by atoms with E-state index >= 15 is 0 Å². The third kappa shape index (κ3) is 17.6. The van der Waals surface area contributed by atoms with Crippen LogP contribution in [0, 0.1) is 0 Å². The predicted octanol–water partition coefficient (Wildman–Crippen LogP) is 2.19. The first-order valence-corrected chi connectivity index (χ1v) is 3.88. The third-order valence-electron chi connectivity index (χ3n) is 0.633. The molecule has 0 atom stereocenters. The number of rotatable bonds is 3. The number of hydrogen-bond donors (Lipinski definition) is 1. The Bertz CT molecular complexity index is 121. The molecule has 0 aliphatic carbocycles. The molecule has 0 aromatic carbocycles. The molecule has 3 heteroatoms. The highest BCUT2D eigenvalue weighted by Crippen LogP contribution is 1.81. The molecule has 0 rings (SSSR count). The smallest absolute Gasteiger partial charge is 0.310 e. The number of carbonyl (C=O) groups excluding carboxylic acids is 1. The van der Waals surface area contributed by atoms with Crippen LogP contribution in [0.3, 0.4) is 0 Å². The van der Waals surface area contributed by atoms with Gasteiger partial charge in [-0.1, -0.05) is 19.6 Å². The zero-order chi connectivity index (χ0) is 9.11. The molecule has 0 aromatic heterocycles. The van der Waals surface area contributed by atoms with Gasteiger partial charge in [-0.05, 0) is 0 Å². The van der Waals surface area contributed by atoms with Crippen molar-refractivity contribution in [2.24, 2.45) is 0 Å². The lowest BCUT2D eigenvalue weighted by atomic mass is 10.5. The quantitative estimate of drug-likeness (QED) is 0.307. The van der Waals surface area contributed by atoms with Crippen LogP contribution in [0.4, 0.5) is 0 Å². The minimum atomic E-state index is -0.241. The van der Waals surface area contributed by atoms with Crippen molar-refractivity contribution < 1.29 is 9.53 Å². The summed E-state index contributed by atoms with van der Waals surface area (Å²) in [5.41, 5.74) is 0. The summed E-state index contributed by atoms with van der Waals surface area (Å²) in [7, 11) is 0. The fraction of sp³-hybridized carbons (Fsp3) is 0.375. The SMILES string of the molecule is C=CCS.C=COC(=O)CC. The summed E-state index contributed by atoms with van der Waals surface area (Å²) in [5, 5.41) is 0. The van der Waals surface area contributed by atoms with Crippen LogP contribution in [-0.2, 0) is 9.53 Å². The molecule has 0 bridgehead atoms. The standard InChI is InChI=1S/C5H8O2.C3H6S/c1-3-5(6)7-4-2;1-2-3-4/h4H,2-3H2,1H3;2,4H,1,3H2. The molecule has 0 aliphatic heterocycles. The van der Waals surface area contributed by atoms with E-state index in [1.165, 1.54) is 0 Å². The first-order valence-electron chi connectivity index (χ1n) is 3.25. The molecule has 0 saturated heterocycles. The third-order valence-corrected chi connectivity index (χ3v) is 0.891. The summed E-state index contributed by atoms with van der Waals surface area (Å²) in [6, 6.07) is 0.